The average Bonchev–Trinajstić information content (AvgIpc) is 2.73. The molecule has 0 saturated carbocycles. The van der Waals surface area contributed by atoms with Crippen molar-refractivity contribution >= 4 is 15.7 Å². The van der Waals surface area contributed by atoms with Crippen LogP contribution < -0.4 is 10.5 Å². The number of nitrogens with two attached hydrogens (primary N) is 1. The molecule has 0 unspecified atom stereocenters. The van der Waals surface area contributed by atoms with E-state index in [1.165, 1.54) is 24.3 Å². The molecule has 0 radical (unpaired) electrons. The van der Waals surface area contributed by atoms with Gasteiger partial charge in [0.05, 0.1) is 11.4 Å². The quantitative estimate of drug-likeness (QED) is 0.778. The average molecular weight is 268 g/mol. The monoisotopic (exact) mass is 268 g/mol. The summed E-state index contributed by atoms with van der Waals surface area (Å²) in [6, 6.07) is 5.89. The number of hydrogen-bond donors (Lipinski definition) is 2. The SMILES string of the molecule is Cc1noc(CNS(=O)(=O)c2ccc(N)cc2)n1. The van der Waals surface area contributed by atoms with Crippen LogP contribution in [0.2, 0.25) is 0 Å². The van der Waals surface area contributed by atoms with E-state index in [0.29, 0.717) is 11.5 Å². The van der Waals surface area contributed by atoms with Gasteiger partial charge in [-0.3, -0.25) is 0 Å². The summed E-state index contributed by atoms with van der Waals surface area (Å²) in [5.74, 6) is 0.670. The topological polar surface area (TPSA) is 111 Å². The summed E-state index contributed by atoms with van der Waals surface area (Å²) in [7, 11) is -3.60. The second-order valence-corrected chi connectivity index (χ2v) is 5.40. The van der Waals surface area contributed by atoms with Crippen molar-refractivity contribution in [3.8, 4) is 0 Å². The maximum Gasteiger partial charge on any atom is 0.241 e. The Balaban J connectivity index is 2.10. The molecule has 8 heteroatoms. The van der Waals surface area contributed by atoms with Gasteiger partial charge in [-0.1, -0.05) is 5.16 Å². The highest BCUT2D eigenvalue weighted by atomic mass is 32.2. The van der Waals surface area contributed by atoms with E-state index >= 15 is 0 Å². The van der Waals surface area contributed by atoms with E-state index in [9.17, 15) is 8.42 Å². The standard InChI is InChI=1S/C10H12N4O3S/c1-7-13-10(17-14-7)6-12-18(15,16)9-4-2-8(11)3-5-9/h2-5,12H,6,11H2,1H3. The van der Waals surface area contributed by atoms with Crippen LogP contribution in [0, 0.1) is 6.92 Å². The molecule has 0 bridgehead atoms. The molecular formula is C10H12N4O3S. The zero-order chi connectivity index (χ0) is 13.2. The largest absolute Gasteiger partial charge is 0.399 e. The van der Waals surface area contributed by atoms with Crippen LogP contribution in [0.25, 0.3) is 0 Å². The first-order valence-corrected chi connectivity index (χ1v) is 6.60. The second-order valence-electron chi connectivity index (χ2n) is 3.63. The second kappa shape index (κ2) is 4.75. The van der Waals surface area contributed by atoms with Crippen molar-refractivity contribution in [1.29, 1.82) is 0 Å². The number of nitrogens with one attached hydrogen (secondary N) is 1. The first kappa shape index (κ1) is 12.5. The number of aromatic nitrogens is 2. The first-order chi connectivity index (χ1) is 8.47. The fraction of sp³-hybridized carbons (Fsp3) is 0.200. The number of benzene rings is 1. The van der Waals surface area contributed by atoms with Crippen LogP contribution in [-0.2, 0) is 16.6 Å². The third kappa shape index (κ3) is 2.84. The highest BCUT2D eigenvalue weighted by Crippen LogP contribution is 2.11. The smallest absolute Gasteiger partial charge is 0.241 e. The van der Waals surface area contributed by atoms with Crippen LogP contribution in [0.1, 0.15) is 11.7 Å². The van der Waals surface area contributed by atoms with Crippen molar-refractivity contribution in [3.05, 3.63) is 36.0 Å². The van der Waals surface area contributed by atoms with Crippen LogP contribution in [0.3, 0.4) is 0 Å². The Morgan fingerprint density at radius 1 is 1.33 bits per heavy atom. The van der Waals surface area contributed by atoms with Crippen molar-refractivity contribution in [3.63, 3.8) is 0 Å². The molecule has 96 valence electrons. The third-order valence-corrected chi connectivity index (χ3v) is 3.59. The van der Waals surface area contributed by atoms with Gasteiger partial charge < -0.3 is 10.3 Å². The molecule has 1 aromatic heterocycles. The fourth-order valence-electron chi connectivity index (χ4n) is 1.30. The lowest BCUT2D eigenvalue weighted by Crippen LogP contribution is -2.23. The van der Waals surface area contributed by atoms with E-state index in [1.54, 1.807) is 6.92 Å². The molecule has 0 aliphatic heterocycles. The molecule has 0 aliphatic carbocycles. The Hall–Kier alpha value is -1.93. The van der Waals surface area contributed by atoms with Gasteiger partial charge in [-0.15, -0.1) is 0 Å². The predicted molar refractivity (Wildman–Crippen MR) is 63.9 cm³/mol. The van der Waals surface area contributed by atoms with Gasteiger partial charge in [-0.2, -0.15) is 4.98 Å². The normalized spacial score (nSPS) is 11.6. The van der Waals surface area contributed by atoms with E-state index in [4.69, 9.17) is 10.3 Å². The summed E-state index contributed by atoms with van der Waals surface area (Å²) in [5.41, 5.74) is 5.99. The minimum atomic E-state index is -3.60. The van der Waals surface area contributed by atoms with Gasteiger partial charge in [-0.05, 0) is 31.2 Å². The molecule has 1 heterocycles. The van der Waals surface area contributed by atoms with E-state index in [0.717, 1.165) is 0 Å². The summed E-state index contributed by atoms with van der Waals surface area (Å²) < 4.78 is 30.9. The first-order valence-electron chi connectivity index (χ1n) is 5.12. The summed E-state index contributed by atoms with van der Waals surface area (Å²) in [6.07, 6.45) is 0. The molecule has 2 rings (SSSR count). The summed E-state index contributed by atoms with van der Waals surface area (Å²) in [5, 5.41) is 3.56. The Bertz CT molecular complexity index is 633. The number of rotatable bonds is 4. The molecule has 7 nitrogen and oxygen atoms in total. The molecule has 0 atom stereocenters. The lowest BCUT2D eigenvalue weighted by molar-refractivity contribution is 0.372. The van der Waals surface area contributed by atoms with Crippen LogP contribution in [0.5, 0.6) is 0 Å². The predicted octanol–water partition coefficient (Wildman–Crippen LogP) is 0.439. The molecule has 3 N–H and O–H groups in total. The number of aryl methyl sites for hydroxylation is 1. The van der Waals surface area contributed by atoms with E-state index in [-0.39, 0.29) is 17.3 Å². The molecule has 0 spiro atoms. The van der Waals surface area contributed by atoms with E-state index in [1.807, 2.05) is 0 Å². The van der Waals surface area contributed by atoms with Gasteiger partial charge in [0.2, 0.25) is 15.9 Å². The van der Waals surface area contributed by atoms with E-state index < -0.39 is 10.0 Å². The van der Waals surface area contributed by atoms with Gasteiger partial charge in [-0.25, -0.2) is 13.1 Å². The summed E-state index contributed by atoms with van der Waals surface area (Å²) in [4.78, 5) is 4.03. The van der Waals surface area contributed by atoms with Crippen LogP contribution in [0.4, 0.5) is 5.69 Å². The Morgan fingerprint density at radius 3 is 2.56 bits per heavy atom. The highest BCUT2D eigenvalue weighted by Gasteiger charge is 2.15. The minimum absolute atomic E-state index is 0.0481. The van der Waals surface area contributed by atoms with Crippen molar-refractivity contribution in [2.75, 3.05) is 5.73 Å². The lowest BCUT2D eigenvalue weighted by Gasteiger charge is -2.04. The number of nitrogens with zero attached hydrogens (tertiary/aromatic N) is 2. The maximum absolute atomic E-state index is 11.9. The molecule has 0 saturated heterocycles. The van der Waals surface area contributed by atoms with E-state index in [2.05, 4.69) is 14.9 Å². The number of nitrogen functional groups attached to an aromatic ring is 1. The van der Waals surface area contributed by atoms with Crippen molar-refractivity contribution in [2.24, 2.45) is 0 Å². The summed E-state index contributed by atoms with van der Waals surface area (Å²) >= 11 is 0. The van der Waals surface area contributed by atoms with Crippen LogP contribution >= 0.6 is 0 Å². The Kier molecular flexibility index (Phi) is 3.30. The van der Waals surface area contributed by atoms with Crippen LogP contribution in [-0.4, -0.2) is 18.6 Å². The Labute approximate surface area is 104 Å². The van der Waals surface area contributed by atoms with Gasteiger partial charge in [0, 0.05) is 5.69 Å². The summed E-state index contributed by atoms with van der Waals surface area (Å²) in [6.45, 7) is 1.61. The zero-order valence-corrected chi connectivity index (χ0v) is 10.4. The van der Waals surface area contributed by atoms with Crippen molar-refractivity contribution < 1.29 is 12.9 Å². The van der Waals surface area contributed by atoms with Crippen molar-refractivity contribution in [1.82, 2.24) is 14.9 Å². The van der Waals surface area contributed by atoms with Gasteiger partial charge in [0.15, 0.2) is 5.82 Å². The molecule has 0 fully saturated rings. The highest BCUT2D eigenvalue weighted by molar-refractivity contribution is 7.89. The minimum Gasteiger partial charge on any atom is -0.399 e. The van der Waals surface area contributed by atoms with Crippen LogP contribution in [0.15, 0.2) is 33.7 Å². The Morgan fingerprint density at radius 2 is 2.00 bits per heavy atom. The van der Waals surface area contributed by atoms with Gasteiger partial charge in [0.25, 0.3) is 0 Å². The molecular weight excluding hydrogens is 256 g/mol. The molecule has 0 aliphatic rings. The molecule has 2 aromatic rings. The maximum atomic E-state index is 11.9. The number of hydrogen-bond acceptors (Lipinski definition) is 6. The zero-order valence-electron chi connectivity index (χ0n) is 9.62. The van der Waals surface area contributed by atoms with Crippen molar-refractivity contribution in [2.45, 2.75) is 18.4 Å². The third-order valence-electron chi connectivity index (χ3n) is 2.17. The number of sulfonamides is 1. The molecule has 0 amide bonds. The molecule has 18 heavy (non-hydrogen) atoms. The number of anilines is 1. The van der Waals surface area contributed by atoms with Gasteiger partial charge in [0.1, 0.15) is 0 Å². The fourth-order valence-corrected chi connectivity index (χ4v) is 2.27. The lowest BCUT2D eigenvalue weighted by atomic mass is 10.3. The molecule has 1 aromatic carbocycles. The van der Waals surface area contributed by atoms with Gasteiger partial charge >= 0.3 is 0 Å².